The van der Waals surface area contributed by atoms with Crippen LogP contribution in [0, 0.1) is 0 Å². The summed E-state index contributed by atoms with van der Waals surface area (Å²) in [5.74, 6) is -1.40. The topological polar surface area (TPSA) is 131 Å². The van der Waals surface area contributed by atoms with Crippen LogP contribution in [0.25, 0.3) is 0 Å². The summed E-state index contributed by atoms with van der Waals surface area (Å²) in [7, 11) is 7.46. The monoisotopic (exact) mass is 562 g/mol. The number of carbonyl (C=O) groups is 4. The third-order valence-electron chi connectivity index (χ3n) is 3.43. The molecule has 0 amide bonds. The van der Waals surface area contributed by atoms with Crippen LogP contribution < -0.4 is 5.11 Å². The van der Waals surface area contributed by atoms with Gasteiger partial charge < -0.3 is 23.8 Å². The van der Waals surface area contributed by atoms with Gasteiger partial charge in [-0.25, -0.2) is 14.4 Å². The van der Waals surface area contributed by atoms with Crippen molar-refractivity contribution in [3.8, 4) is 0 Å². The third kappa shape index (κ3) is 40.0. The van der Waals surface area contributed by atoms with Gasteiger partial charge in [-0.05, 0) is 40.5 Å². The largest absolute Gasteiger partial charge is 0.859 e. The lowest BCUT2D eigenvalue weighted by atomic mass is 9.99. The Morgan fingerprint density at radius 3 is 1.63 bits per heavy atom. The van der Waals surface area contributed by atoms with Crippen LogP contribution in [-0.2, 0) is 33.4 Å². The Morgan fingerprint density at radius 1 is 0.947 bits per heavy atom. The van der Waals surface area contributed by atoms with Crippen LogP contribution >= 0.6 is 12.4 Å². The van der Waals surface area contributed by atoms with Crippen LogP contribution in [0.5, 0.6) is 0 Å². The van der Waals surface area contributed by atoms with E-state index in [0.717, 1.165) is 23.2 Å². The number of quaternary nitrogens is 1. The summed E-state index contributed by atoms with van der Waals surface area (Å²) in [5, 5.41) is 10.8. The van der Waals surface area contributed by atoms with E-state index < -0.39 is 5.54 Å². The molecule has 0 unspecified atom stereocenters. The molecular weight excluding hydrogens is 516 g/mol. The molecule has 0 spiro atoms. The Hall–Kier alpha value is -3.24. The SMILES string of the molecule is C=C(C)C(=O)OC.C=CC(=O)OCC.C=CC(=O)OCC[N+](C)(C)C.C=CC([O-])=NC(C)(C)CC(C)=O.Cl. The highest BCUT2D eigenvalue weighted by atomic mass is 35.5. The van der Waals surface area contributed by atoms with Gasteiger partial charge in [-0.3, -0.25) is 9.79 Å². The number of halogens is 1. The third-order valence-corrected chi connectivity index (χ3v) is 3.43. The van der Waals surface area contributed by atoms with Gasteiger partial charge in [0.2, 0.25) is 0 Å². The molecule has 0 radical (unpaired) electrons. The molecule has 0 aliphatic carbocycles. The first-order chi connectivity index (χ1) is 16.8. The van der Waals surface area contributed by atoms with Crippen molar-refractivity contribution in [2.24, 2.45) is 4.99 Å². The smallest absolute Gasteiger partial charge is 0.332 e. The van der Waals surface area contributed by atoms with Gasteiger partial charge in [0, 0.05) is 24.1 Å². The molecule has 0 fully saturated rings. The van der Waals surface area contributed by atoms with Gasteiger partial charge in [0.25, 0.3) is 0 Å². The summed E-state index contributed by atoms with van der Waals surface area (Å²) >= 11 is 0. The van der Waals surface area contributed by atoms with E-state index >= 15 is 0 Å². The fourth-order valence-electron chi connectivity index (χ4n) is 1.85. The minimum absolute atomic E-state index is 0. The zero-order chi connectivity index (χ0) is 30.2. The average molecular weight is 563 g/mol. The van der Waals surface area contributed by atoms with Crippen molar-refractivity contribution in [1.29, 1.82) is 0 Å². The molecule has 0 N–H and O–H groups in total. The van der Waals surface area contributed by atoms with E-state index in [-0.39, 0.29) is 48.4 Å². The number of likely N-dealkylation sites (N-methyl/N-ethyl adjacent to an activating group) is 1. The van der Waals surface area contributed by atoms with Crippen LogP contribution in [0.3, 0.4) is 0 Å². The van der Waals surface area contributed by atoms with E-state index in [1.807, 2.05) is 21.1 Å². The number of methoxy groups -OCH3 is 1. The standard InChI is InChI=1S/C9H15NO2.C8H16NO2.2C5H8O2.ClH/c1-5-8(12)10-9(3,4)6-7(2)11;1-5-8(10)11-7-6-9(2,3)4;1-4(2)5(6)7-3;1-3-5(6)7-4-2;/h5H,1,6H2,2-4H3,(H,10,12);5H,1,6-7H2,2-4H3;1H2,2-3H3;3H,1,4H2,2H3;1H/q;+1;;;/p-1. The number of rotatable bonds is 11. The predicted octanol–water partition coefficient (Wildman–Crippen LogP) is 3.00. The molecule has 38 heavy (non-hydrogen) atoms. The summed E-state index contributed by atoms with van der Waals surface area (Å²) in [6.07, 6.45) is 3.74. The highest BCUT2D eigenvalue weighted by Crippen LogP contribution is 2.14. The number of hydrogen-bond acceptors (Lipinski definition) is 9. The lowest BCUT2D eigenvalue weighted by Crippen LogP contribution is -2.37. The molecule has 10 nitrogen and oxygen atoms in total. The predicted molar refractivity (Wildman–Crippen MR) is 152 cm³/mol. The number of Topliss-reactive ketones (excluding diaryl/α,β-unsaturated/α-hetero) is 1. The van der Waals surface area contributed by atoms with Gasteiger partial charge >= 0.3 is 17.9 Å². The van der Waals surface area contributed by atoms with Crippen molar-refractivity contribution >= 4 is 42.0 Å². The van der Waals surface area contributed by atoms with E-state index in [1.165, 1.54) is 20.1 Å². The molecular formula is C27H47ClN2O8. The lowest BCUT2D eigenvalue weighted by molar-refractivity contribution is -0.870. The number of nitrogens with zero attached hydrogens (tertiary/aromatic N) is 2. The maximum atomic E-state index is 10.8. The van der Waals surface area contributed by atoms with E-state index in [4.69, 9.17) is 4.74 Å². The van der Waals surface area contributed by atoms with Crippen molar-refractivity contribution in [2.45, 2.75) is 46.6 Å². The summed E-state index contributed by atoms with van der Waals surface area (Å²) in [6, 6.07) is 0. The van der Waals surface area contributed by atoms with Gasteiger partial charge in [0.15, 0.2) is 0 Å². The molecule has 0 aromatic rings. The molecule has 0 bridgehead atoms. The van der Waals surface area contributed by atoms with Crippen LogP contribution in [0.4, 0.5) is 0 Å². The summed E-state index contributed by atoms with van der Waals surface area (Å²) in [4.78, 5) is 45.3. The van der Waals surface area contributed by atoms with Crippen molar-refractivity contribution in [1.82, 2.24) is 0 Å². The Bertz CT molecular complexity index is 795. The zero-order valence-corrected chi connectivity index (χ0v) is 25.3. The summed E-state index contributed by atoms with van der Waals surface area (Å²) in [5.41, 5.74) is -0.167. The van der Waals surface area contributed by atoms with Crippen LogP contribution in [0.15, 0.2) is 55.1 Å². The number of esters is 3. The Kier molecular flexibility index (Phi) is 29.9. The van der Waals surface area contributed by atoms with Gasteiger partial charge in [0.1, 0.15) is 18.9 Å². The molecule has 0 aromatic carbocycles. The molecule has 11 heteroatoms. The molecule has 0 saturated heterocycles. The summed E-state index contributed by atoms with van der Waals surface area (Å²) in [6.45, 7) is 23.2. The molecule has 0 aliphatic heterocycles. The minimum Gasteiger partial charge on any atom is -0.859 e. The highest BCUT2D eigenvalue weighted by Gasteiger charge is 2.17. The van der Waals surface area contributed by atoms with Gasteiger partial charge in [0.05, 0.1) is 40.4 Å². The maximum absolute atomic E-state index is 10.8. The number of ketones is 1. The lowest BCUT2D eigenvalue weighted by Gasteiger charge is -2.23. The average Bonchev–Trinajstić information content (AvgIpc) is 2.77. The van der Waals surface area contributed by atoms with E-state index in [0.29, 0.717) is 18.8 Å². The Labute approximate surface area is 234 Å². The van der Waals surface area contributed by atoms with Crippen LogP contribution in [0.2, 0.25) is 0 Å². The second-order valence-corrected chi connectivity index (χ2v) is 8.96. The van der Waals surface area contributed by atoms with E-state index in [9.17, 15) is 24.3 Å². The maximum Gasteiger partial charge on any atom is 0.332 e. The number of hydrogen-bond donors (Lipinski definition) is 0. The second-order valence-electron chi connectivity index (χ2n) is 8.96. The Morgan fingerprint density at radius 2 is 1.39 bits per heavy atom. The molecule has 220 valence electrons. The van der Waals surface area contributed by atoms with Gasteiger partial charge in [-0.2, -0.15) is 0 Å². The minimum atomic E-state index is -0.600. The van der Waals surface area contributed by atoms with Crippen molar-refractivity contribution in [3.05, 3.63) is 50.1 Å². The first-order valence-corrected chi connectivity index (χ1v) is 11.3. The first-order valence-electron chi connectivity index (χ1n) is 11.3. The molecule has 0 heterocycles. The molecule has 0 rings (SSSR count). The number of carbonyl (C=O) groups excluding carboxylic acids is 4. The van der Waals surface area contributed by atoms with E-state index in [1.54, 1.807) is 27.7 Å². The second kappa shape index (κ2) is 25.4. The number of aliphatic imine (C=N–C) groups is 1. The fourth-order valence-corrected chi connectivity index (χ4v) is 1.85. The van der Waals surface area contributed by atoms with E-state index in [2.05, 4.69) is 40.8 Å². The first kappa shape index (κ1) is 44.7. The quantitative estimate of drug-likeness (QED) is 0.0937. The zero-order valence-electron chi connectivity index (χ0n) is 24.5. The molecule has 0 aliphatic rings. The fraction of sp³-hybridized carbons (Fsp3) is 0.519. The van der Waals surface area contributed by atoms with Crippen molar-refractivity contribution < 1.29 is 43.0 Å². The van der Waals surface area contributed by atoms with Crippen molar-refractivity contribution in [2.75, 3.05) is 48.0 Å². The van der Waals surface area contributed by atoms with Gasteiger partial charge in [-0.1, -0.05) is 32.4 Å². The Balaban J connectivity index is -0.000000130. The molecule has 0 atom stereocenters. The summed E-state index contributed by atoms with van der Waals surface area (Å²) < 4.78 is 14.3. The van der Waals surface area contributed by atoms with Crippen molar-refractivity contribution in [3.63, 3.8) is 0 Å². The van der Waals surface area contributed by atoms with Gasteiger partial charge in [-0.15, -0.1) is 12.4 Å². The highest BCUT2D eigenvalue weighted by molar-refractivity contribution is 5.86. The number of ether oxygens (including phenoxy) is 3. The normalized spacial score (nSPS) is 9.97. The molecule has 0 saturated carbocycles. The van der Waals surface area contributed by atoms with Crippen LogP contribution in [-0.4, -0.2) is 87.6 Å². The molecule has 0 aromatic heterocycles. The van der Waals surface area contributed by atoms with Crippen LogP contribution in [0.1, 0.15) is 41.0 Å².